The minimum Gasteiger partial charge on any atom is -0.493 e. The SMILES string of the molecule is COc1cc(C2CC(=O)N(c3ccc(C(F)(F)F)cc3)C3=C2C(=O)CCC3)cc(OC)c1OC. The lowest BCUT2D eigenvalue weighted by Crippen LogP contribution is -2.40. The van der Waals surface area contributed by atoms with E-state index >= 15 is 0 Å². The van der Waals surface area contributed by atoms with Gasteiger partial charge in [-0.25, -0.2) is 0 Å². The molecule has 1 atom stereocenters. The van der Waals surface area contributed by atoms with Crippen LogP contribution in [0.4, 0.5) is 18.9 Å². The molecule has 2 aliphatic rings. The Morgan fingerprint density at radius 2 is 1.53 bits per heavy atom. The first-order valence-corrected chi connectivity index (χ1v) is 10.8. The number of rotatable bonds is 5. The van der Waals surface area contributed by atoms with Gasteiger partial charge < -0.3 is 14.2 Å². The quantitative estimate of drug-likeness (QED) is 0.591. The van der Waals surface area contributed by atoms with Crippen LogP contribution in [0.2, 0.25) is 0 Å². The van der Waals surface area contributed by atoms with Crippen LogP contribution in [0.3, 0.4) is 0 Å². The van der Waals surface area contributed by atoms with Crippen LogP contribution in [0.15, 0.2) is 47.7 Å². The van der Waals surface area contributed by atoms with Crippen LogP contribution >= 0.6 is 0 Å². The molecule has 34 heavy (non-hydrogen) atoms. The molecule has 180 valence electrons. The van der Waals surface area contributed by atoms with E-state index in [2.05, 4.69) is 0 Å². The van der Waals surface area contributed by atoms with E-state index in [-0.39, 0.29) is 18.1 Å². The highest BCUT2D eigenvalue weighted by Gasteiger charge is 2.40. The molecule has 0 saturated heterocycles. The standard InChI is InChI=1S/C25H24F3NO5/c1-32-20-11-14(12-21(33-2)24(20)34-3)17-13-22(31)29(18-5-4-6-19(30)23(17)18)16-9-7-15(8-10-16)25(26,27)28/h7-12,17H,4-6,13H2,1-3H3. The maximum absolute atomic E-state index is 13.3. The summed E-state index contributed by atoms with van der Waals surface area (Å²) in [7, 11) is 4.45. The van der Waals surface area contributed by atoms with Crippen LogP contribution in [-0.4, -0.2) is 33.0 Å². The first kappa shape index (κ1) is 23.7. The molecular formula is C25H24F3NO5. The van der Waals surface area contributed by atoms with Crippen molar-refractivity contribution in [3.63, 3.8) is 0 Å². The number of halogens is 3. The number of nitrogens with zero attached hydrogens (tertiary/aromatic N) is 1. The molecule has 2 aromatic rings. The Labute approximate surface area is 194 Å². The number of Topliss-reactive ketones (excluding diaryl/α,β-unsaturated/α-hetero) is 1. The maximum atomic E-state index is 13.3. The van der Waals surface area contributed by atoms with Gasteiger partial charge >= 0.3 is 6.18 Å². The number of allylic oxidation sites excluding steroid dienone is 2. The molecule has 0 fully saturated rings. The van der Waals surface area contributed by atoms with Crippen molar-refractivity contribution < 1.29 is 37.0 Å². The number of alkyl halides is 3. The number of benzene rings is 2. The van der Waals surface area contributed by atoms with Gasteiger partial charge in [0.05, 0.1) is 26.9 Å². The van der Waals surface area contributed by atoms with Crippen molar-refractivity contribution in [2.45, 2.75) is 37.8 Å². The second-order valence-electron chi connectivity index (χ2n) is 8.13. The van der Waals surface area contributed by atoms with Crippen molar-refractivity contribution in [2.75, 3.05) is 26.2 Å². The van der Waals surface area contributed by atoms with Crippen LogP contribution in [0.1, 0.15) is 42.7 Å². The number of methoxy groups -OCH3 is 3. The number of carbonyl (C=O) groups excluding carboxylic acids is 2. The Morgan fingerprint density at radius 1 is 0.912 bits per heavy atom. The first-order valence-electron chi connectivity index (χ1n) is 10.8. The number of ether oxygens (including phenoxy) is 3. The van der Waals surface area contributed by atoms with E-state index in [0.29, 0.717) is 59.0 Å². The molecule has 9 heteroatoms. The summed E-state index contributed by atoms with van der Waals surface area (Å²) in [5, 5.41) is 0. The Bertz CT molecular complexity index is 1130. The number of anilines is 1. The topological polar surface area (TPSA) is 65.1 Å². The van der Waals surface area contributed by atoms with E-state index in [4.69, 9.17) is 14.2 Å². The lowest BCUT2D eigenvalue weighted by molar-refractivity contribution is -0.137. The van der Waals surface area contributed by atoms with Gasteiger partial charge in [-0.15, -0.1) is 0 Å². The van der Waals surface area contributed by atoms with Crippen molar-refractivity contribution in [1.82, 2.24) is 0 Å². The van der Waals surface area contributed by atoms with Gasteiger partial charge in [0, 0.05) is 35.7 Å². The molecule has 1 unspecified atom stereocenters. The molecule has 2 aromatic carbocycles. The summed E-state index contributed by atoms with van der Waals surface area (Å²) in [6.45, 7) is 0. The highest BCUT2D eigenvalue weighted by Crippen LogP contribution is 2.47. The van der Waals surface area contributed by atoms with E-state index in [1.165, 1.54) is 38.4 Å². The lowest BCUT2D eigenvalue weighted by Gasteiger charge is -2.38. The van der Waals surface area contributed by atoms with Crippen LogP contribution in [0, 0.1) is 0 Å². The van der Waals surface area contributed by atoms with Gasteiger partial charge in [0.15, 0.2) is 17.3 Å². The molecule has 4 rings (SSSR count). The highest BCUT2D eigenvalue weighted by atomic mass is 19.4. The third-order valence-corrected chi connectivity index (χ3v) is 6.22. The molecule has 0 radical (unpaired) electrons. The minimum atomic E-state index is -4.48. The lowest BCUT2D eigenvalue weighted by atomic mass is 9.77. The highest BCUT2D eigenvalue weighted by molar-refractivity contribution is 6.07. The van der Waals surface area contributed by atoms with Gasteiger partial charge in [0.1, 0.15) is 0 Å². The van der Waals surface area contributed by atoms with Gasteiger partial charge in [-0.05, 0) is 54.8 Å². The van der Waals surface area contributed by atoms with Gasteiger partial charge in [0.25, 0.3) is 0 Å². The molecule has 1 aliphatic carbocycles. The monoisotopic (exact) mass is 475 g/mol. The molecule has 1 aliphatic heterocycles. The van der Waals surface area contributed by atoms with Crippen molar-refractivity contribution >= 4 is 17.4 Å². The zero-order chi connectivity index (χ0) is 24.6. The van der Waals surface area contributed by atoms with Crippen molar-refractivity contribution in [2.24, 2.45) is 0 Å². The van der Waals surface area contributed by atoms with Gasteiger partial charge in [0.2, 0.25) is 11.7 Å². The second-order valence-corrected chi connectivity index (χ2v) is 8.13. The molecule has 0 saturated carbocycles. The van der Waals surface area contributed by atoms with Crippen LogP contribution in [0.5, 0.6) is 17.2 Å². The first-order chi connectivity index (χ1) is 16.2. The largest absolute Gasteiger partial charge is 0.493 e. The molecule has 1 amide bonds. The van der Waals surface area contributed by atoms with Crippen LogP contribution in [-0.2, 0) is 15.8 Å². The second kappa shape index (κ2) is 9.04. The van der Waals surface area contributed by atoms with Crippen molar-refractivity contribution in [3.05, 3.63) is 58.8 Å². The number of carbonyl (C=O) groups is 2. The molecule has 1 heterocycles. The minimum absolute atomic E-state index is 0.0236. The number of hydrogen-bond donors (Lipinski definition) is 0. The summed E-state index contributed by atoms with van der Waals surface area (Å²) in [5.74, 6) is 0.289. The predicted molar refractivity (Wildman–Crippen MR) is 118 cm³/mol. The molecule has 0 spiro atoms. The Kier molecular flexibility index (Phi) is 6.29. The Morgan fingerprint density at radius 3 is 2.06 bits per heavy atom. The summed E-state index contributed by atoms with van der Waals surface area (Å²) >= 11 is 0. The zero-order valence-electron chi connectivity index (χ0n) is 19.0. The number of amides is 1. The van der Waals surface area contributed by atoms with E-state index in [0.717, 1.165) is 12.1 Å². The van der Waals surface area contributed by atoms with Gasteiger partial charge in [-0.2, -0.15) is 13.2 Å². The van der Waals surface area contributed by atoms with Crippen LogP contribution < -0.4 is 19.1 Å². The maximum Gasteiger partial charge on any atom is 0.416 e. The molecular weight excluding hydrogens is 451 g/mol. The predicted octanol–water partition coefficient (Wildman–Crippen LogP) is 5.26. The van der Waals surface area contributed by atoms with E-state index < -0.39 is 17.7 Å². The number of ketones is 1. The normalized spacial score (nSPS) is 18.6. The Hall–Kier alpha value is -3.49. The average molecular weight is 475 g/mol. The third-order valence-electron chi connectivity index (χ3n) is 6.22. The van der Waals surface area contributed by atoms with E-state index in [1.54, 1.807) is 12.1 Å². The van der Waals surface area contributed by atoms with Crippen molar-refractivity contribution in [3.8, 4) is 17.2 Å². The molecule has 6 nitrogen and oxygen atoms in total. The number of hydrogen-bond acceptors (Lipinski definition) is 5. The summed E-state index contributed by atoms with van der Waals surface area (Å²) < 4.78 is 55.3. The molecule has 0 N–H and O–H groups in total. The summed E-state index contributed by atoms with van der Waals surface area (Å²) in [6, 6.07) is 7.87. The summed E-state index contributed by atoms with van der Waals surface area (Å²) in [5.41, 5.74) is 1.21. The fourth-order valence-electron chi connectivity index (χ4n) is 4.68. The van der Waals surface area contributed by atoms with Gasteiger partial charge in [-0.3, -0.25) is 14.5 Å². The molecule has 0 bridgehead atoms. The van der Waals surface area contributed by atoms with E-state index in [9.17, 15) is 22.8 Å². The Balaban J connectivity index is 1.83. The smallest absolute Gasteiger partial charge is 0.416 e. The molecule has 0 aromatic heterocycles. The summed E-state index contributed by atoms with van der Waals surface area (Å²) in [6.07, 6.45) is -3.13. The summed E-state index contributed by atoms with van der Waals surface area (Å²) in [4.78, 5) is 27.8. The average Bonchev–Trinajstić information content (AvgIpc) is 2.82. The van der Waals surface area contributed by atoms with Gasteiger partial charge in [-0.1, -0.05) is 0 Å². The van der Waals surface area contributed by atoms with Crippen molar-refractivity contribution in [1.29, 1.82) is 0 Å². The van der Waals surface area contributed by atoms with Crippen LogP contribution in [0.25, 0.3) is 0 Å². The fraction of sp³-hybridized carbons (Fsp3) is 0.360. The zero-order valence-corrected chi connectivity index (χ0v) is 19.0. The fourth-order valence-corrected chi connectivity index (χ4v) is 4.68. The third kappa shape index (κ3) is 4.10. The van der Waals surface area contributed by atoms with E-state index in [1.807, 2.05) is 0 Å².